The van der Waals surface area contributed by atoms with Crippen LogP contribution in [0, 0.1) is 5.92 Å². The van der Waals surface area contributed by atoms with E-state index in [1.165, 1.54) is 33.7 Å². The minimum Gasteiger partial charge on any atom is -0.459 e. The van der Waals surface area contributed by atoms with E-state index in [4.69, 9.17) is 4.74 Å². The van der Waals surface area contributed by atoms with E-state index in [9.17, 15) is 9.59 Å². The molecule has 2 heterocycles. The molecule has 6 nitrogen and oxygen atoms in total. The van der Waals surface area contributed by atoms with Crippen LogP contribution in [0.2, 0.25) is 0 Å². The first kappa shape index (κ1) is 18.6. The van der Waals surface area contributed by atoms with Gasteiger partial charge in [-0.3, -0.25) is 9.59 Å². The van der Waals surface area contributed by atoms with E-state index in [-0.39, 0.29) is 23.9 Å². The van der Waals surface area contributed by atoms with Crippen molar-refractivity contribution in [1.82, 2.24) is 14.6 Å². The molecule has 2 aromatic heterocycles. The Bertz CT molecular complexity index is 951. The summed E-state index contributed by atoms with van der Waals surface area (Å²) in [7, 11) is 0. The molecule has 0 atom stereocenters. The summed E-state index contributed by atoms with van der Waals surface area (Å²) in [6, 6.07) is 11.0. The Balaban J connectivity index is 1.61. The van der Waals surface area contributed by atoms with E-state index in [2.05, 4.69) is 23.9 Å². The van der Waals surface area contributed by atoms with E-state index in [1.54, 1.807) is 0 Å². The zero-order chi connectivity index (χ0) is 18.5. The number of esters is 1. The third-order valence-electron chi connectivity index (χ3n) is 3.40. The lowest BCUT2D eigenvalue weighted by Gasteiger charge is -2.04. The number of benzene rings is 1. The fourth-order valence-electron chi connectivity index (χ4n) is 2.26. The molecule has 0 aliphatic heterocycles. The first-order chi connectivity index (χ1) is 12.5. The van der Waals surface area contributed by atoms with Gasteiger partial charge in [0.15, 0.2) is 0 Å². The van der Waals surface area contributed by atoms with Gasteiger partial charge in [-0.25, -0.2) is 4.98 Å². The molecule has 0 aliphatic rings. The molecular formula is C18H19N3O3S2. The first-order valence-corrected chi connectivity index (χ1v) is 10.0. The minimum atomic E-state index is -0.342. The maximum atomic E-state index is 12.2. The summed E-state index contributed by atoms with van der Waals surface area (Å²) in [5.41, 5.74) is 0.179. The van der Waals surface area contributed by atoms with E-state index < -0.39 is 0 Å². The molecule has 8 heteroatoms. The van der Waals surface area contributed by atoms with Crippen molar-refractivity contribution in [1.29, 1.82) is 0 Å². The average Bonchev–Trinajstić information content (AvgIpc) is 3.01. The van der Waals surface area contributed by atoms with Crippen molar-refractivity contribution in [3.05, 3.63) is 57.5 Å². The highest BCUT2D eigenvalue weighted by Crippen LogP contribution is 2.18. The maximum absolute atomic E-state index is 12.2. The number of hydrogen-bond acceptors (Lipinski definition) is 7. The van der Waals surface area contributed by atoms with Crippen molar-refractivity contribution >= 4 is 34.0 Å². The van der Waals surface area contributed by atoms with Gasteiger partial charge in [0.05, 0.1) is 11.4 Å². The first-order valence-electron chi connectivity index (χ1n) is 8.23. The summed E-state index contributed by atoms with van der Waals surface area (Å²) in [5.74, 6) is 0.323. The number of rotatable bonds is 7. The molecule has 0 spiro atoms. The van der Waals surface area contributed by atoms with E-state index in [0.717, 1.165) is 16.3 Å². The van der Waals surface area contributed by atoms with Gasteiger partial charge >= 0.3 is 5.97 Å². The van der Waals surface area contributed by atoms with Crippen LogP contribution in [0.1, 0.15) is 24.5 Å². The summed E-state index contributed by atoms with van der Waals surface area (Å²) < 4.78 is 6.54. The monoisotopic (exact) mass is 389 g/mol. The van der Waals surface area contributed by atoms with Crippen LogP contribution in [0.3, 0.4) is 0 Å². The number of nitrogens with zero attached hydrogens (tertiary/aromatic N) is 3. The summed E-state index contributed by atoms with van der Waals surface area (Å²) in [6.45, 7) is 4.18. The van der Waals surface area contributed by atoms with Crippen molar-refractivity contribution in [3.63, 3.8) is 0 Å². The zero-order valence-corrected chi connectivity index (χ0v) is 16.2. The standard InChI is InChI=1S/C18H19N3O3S2/c1-12(2)8-15-20-21-16(22)9-13(19-18(21)26-15)10-24-17(23)11-25-14-6-4-3-5-7-14/h3-7,9,12H,8,10-11H2,1-2H3. The topological polar surface area (TPSA) is 73.6 Å². The van der Waals surface area contributed by atoms with E-state index in [0.29, 0.717) is 16.6 Å². The van der Waals surface area contributed by atoms with Crippen LogP contribution in [0.25, 0.3) is 4.96 Å². The fraction of sp³-hybridized carbons (Fsp3) is 0.333. The molecule has 0 aliphatic carbocycles. The molecule has 0 amide bonds. The summed E-state index contributed by atoms with van der Waals surface area (Å²) in [6.07, 6.45) is 0.800. The van der Waals surface area contributed by atoms with Gasteiger partial charge in [-0.1, -0.05) is 43.4 Å². The molecule has 0 N–H and O–H groups in total. The van der Waals surface area contributed by atoms with Crippen LogP contribution in [0.15, 0.2) is 46.1 Å². The lowest BCUT2D eigenvalue weighted by atomic mass is 10.1. The number of ether oxygens (including phenoxy) is 1. The Labute approximate surface area is 159 Å². The number of hydrogen-bond donors (Lipinski definition) is 0. The second kappa shape index (κ2) is 8.46. The van der Waals surface area contributed by atoms with Crippen molar-refractivity contribution in [2.24, 2.45) is 5.92 Å². The smallest absolute Gasteiger partial charge is 0.316 e. The second-order valence-corrected chi connectivity index (χ2v) is 8.23. The lowest BCUT2D eigenvalue weighted by Crippen LogP contribution is -2.17. The Morgan fingerprint density at radius 3 is 2.81 bits per heavy atom. The molecular weight excluding hydrogens is 370 g/mol. The maximum Gasteiger partial charge on any atom is 0.316 e. The number of carbonyl (C=O) groups is 1. The molecule has 0 bridgehead atoms. The number of carbonyl (C=O) groups excluding carboxylic acids is 1. The molecule has 0 saturated carbocycles. The zero-order valence-electron chi connectivity index (χ0n) is 14.5. The molecule has 26 heavy (non-hydrogen) atoms. The van der Waals surface area contributed by atoms with Crippen molar-refractivity contribution in [3.8, 4) is 0 Å². The molecule has 0 fully saturated rings. The Kier molecular flexibility index (Phi) is 6.05. The highest BCUT2D eigenvalue weighted by atomic mass is 32.2. The highest BCUT2D eigenvalue weighted by Gasteiger charge is 2.12. The molecule has 136 valence electrons. The predicted octanol–water partition coefficient (Wildman–Crippen LogP) is 3.19. The lowest BCUT2D eigenvalue weighted by molar-refractivity contribution is -0.141. The van der Waals surface area contributed by atoms with Crippen LogP contribution < -0.4 is 5.56 Å². The van der Waals surface area contributed by atoms with E-state index >= 15 is 0 Å². The number of thioether (sulfide) groups is 1. The van der Waals surface area contributed by atoms with Crippen molar-refractivity contribution in [2.45, 2.75) is 31.8 Å². The average molecular weight is 390 g/mol. The molecule has 0 unspecified atom stereocenters. The quantitative estimate of drug-likeness (QED) is 0.456. The second-order valence-electron chi connectivity index (χ2n) is 6.14. The Hall–Kier alpha value is -2.19. The summed E-state index contributed by atoms with van der Waals surface area (Å²) in [5, 5.41) is 5.17. The van der Waals surface area contributed by atoms with Crippen LogP contribution >= 0.6 is 23.1 Å². The fourth-order valence-corrected chi connectivity index (χ4v) is 4.10. The largest absolute Gasteiger partial charge is 0.459 e. The van der Waals surface area contributed by atoms with Crippen LogP contribution in [0.4, 0.5) is 0 Å². The summed E-state index contributed by atoms with van der Waals surface area (Å²) in [4.78, 5) is 30.0. The summed E-state index contributed by atoms with van der Waals surface area (Å²) >= 11 is 2.80. The van der Waals surface area contributed by atoms with Crippen molar-refractivity contribution < 1.29 is 9.53 Å². The van der Waals surface area contributed by atoms with Gasteiger partial charge in [0, 0.05) is 17.4 Å². The molecule has 0 saturated heterocycles. The third-order valence-corrected chi connectivity index (χ3v) is 5.32. The molecule has 3 rings (SSSR count). The number of fused-ring (bicyclic) bond motifs is 1. The van der Waals surface area contributed by atoms with Gasteiger partial charge in [-0.05, 0) is 18.1 Å². The SMILES string of the molecule is CC(C)Cc1nn2c(=O)cc(COC(=O)CSc3ccccc3)nc2s1. The number of aromatic nitrogens is 3. The van der Waals surface area contributed by atoms with Gasteiger partial charge < -0.3 is 4.74 Å². The van der Waals surface area contributed by atoms with E-state index in [1.807, 2.05) is 30.3 Å². The third kappa shape index (κ3) is 4.92. The van der Waals surface area contributed by atoms with Crippen molar-refractivity contribution in [2.75, 3.05) is 5.75 Å². The highest BCUT2D eigenvalue weighted by molar-refractivity contribution is 8.00. The molecule has 3 aromatic rings. The Morgan fingerprint density at radius 2 is 2.08 bits per heavy atom. The molecule has 0 radical (unpaired) electrons. The predicted molar refractivity (Wildman–Crippen MR) is 103 cm³/mol. The van der Waals surface area contributed by atoms with Crippen LogP contribution in [-0.4, -0.2) is 26.3 Å². The van der Waals surface area contributed by atoms with Crippen LogP contribution in [-0.2, 0) is 22.6 Å². The van der Waals surface area contributed by atoms with Gasteiger partial charge in [0.2, 0.25) is 4.96 Å². The van der Waals surface area contributed by atoms with Gasteiger partial charge in [0.25, 0.3) is 5.56 Å². The normalized spacial score (nSPS) is 11.2. The van der Waals surface area contributed by atoms with Gasteiger partial charge in [-0.2, -0.15) is 9.61 Å². The van der Waals surface area contributed by atoms with Crippen LogP contribution in [0.5, 0.6) is 0 Å². The van der Waals surface area contributed by atoms with Gasteiger partial charge in [0.1, 0.15) is 11.6 Å². The molecule has 1 aromatic carbocycles. The minimum absolute atomic E-state index is 0.0165. The Morgan fingerprint density at radius 1 is 1.31 bits per heavy atom. The van der Waals surface area contributed by atoms with Gasteiger partial charge in [-0.15, -0.1) is 11.8 Å².